The zero-order chi connectivity index (χ0) is 13.9. The van der Waals surface area contributed by atoms with E-state index >= 15 is 0 Å². The van der Waals surface area contributed by atoms with Crippen LogP contribution in [0.4, 0.5) is 4.39 Å². The van der Waals surface area contributed by atoms with E-state index in [1.54, 1.807) is 30.5 Å². The summed E-state index contributed by atoms with van der Waals surface area (Å²) in [5.41, 5.74) is 0.621. The summed E-state index contributed by atoms with van der Waals surface area (Å²) < 4.78 is 15.0. The highest BCUT2D eigenvalue weighted by Crippen LogP contribution is 2.12. The van der Waals surface area contributed by atoms with Crippen molar-refractivity contribution in [1.29, 1.82) is 0 Å². The predicted molar refractivity (Wildman–Crippen MR) is 72.2 cm³/mol. The third-order valence-corrected chi connectivity index (χ3v) is 3.34. The number of benzene rings is 1. The third-order valence-electron chi connectivity index (χ3n) is 3.34. The summed E-state index contributed by atoms with van der Waals surface area (Å²) in [6, 6.07) is 7.90. The minimum Gasteiger partial charge on any atom is -0.350 e. The molecule has 3 rings (SSSR count). The Kier molecular flexibility index (Phi) is 3.47. The zero-order valence-electron chi connectivity index (χ0n) is 10.8. The van der Waals surface area contributed by atoms with Crippen LogP contribution in [0.15, 0.2) is 36.5 Å². The Balaban J connectivity index is 1.69. The van der Waals surface area contributed by atoms with Gasteiger partial charge in [-0.2, -0.15) is 5.10 Å². The standard InChI is InChI=1S/C14H15FN4O/c15-11-3-1-2-4-13(11)19-6-5-12(18-19)14(20)17-9-10-7-16-8-10/h1-6,10,16H,7-9H2,(H,17,20). The highest BCUT2D eigenvalue weighted by molar-refractivity contribution is 5.92. The topological polar surface area (TPSA) is 59.0 Å². The van der Waals surface area contributed by atoms with Gasteiger partial charge in [0.25, 0.3) is 5.91 Å². The van der Waals surface area contributed by atoms with E-state index in [4.69, 9.17) is 0 Å². The molecule has 0 atom stereocenters. The average molecular weight is 274 g/mol. The molecule has 1 fully saturated rings. The van der Waals surface area contributed by atoms with Crippen molar-refractivity contribution < 1.29 is 9.18 Å². The van der Waals surface area contributed by atoms with Gasteiger partial charge in [0.05, 0.1) is 0 Å². The van der Waals surface area contributed by atoms with E-state index in [0.29, 0.717) is 23.8 Å². The van der Waals surface area contributed by atoms with Crippen molar-refractivity contribution in [2.24, 2.45) is 5.92 Å². The first-order valence-corrected chi connectivity index (χ1v) is 6.53. The van der Waals surface area contributed by atoms with Crippen LogP contribution >= 0.6 is 0 Å². The monoisotopic (exact) mass is 274 g/mol. The Hall–Kier alpha value is -2.21. The van der Waals surface area contributed by atoms with Crippen LogP contribution in [-0.4, -0.2) is 35.3 Å². The molecular formula is C14H15FN4O. The molecule has 1 aromatic heterocycles. The van der Waals surface area contributed by atoms with Crippen LogP contribution in [0.25, 0.3) is 5.69 Å². The lowest BCUT2D eigenvalue weighted by atomic mass is 10.0. The van der Waals surface area contributed by atoms with Crippen molar-refractivity contribution in [3.05, 3.63) is 48.0 Å². The minimum absolute atomic E-state index is 0.230. The number of nitrogens with zero attached hydrogens (tertiary/aromatic N) is 2. The smallest absolute Gasteiger partial charge is 0.271 e. The zero-order valence-corrected chi connectivity index (χ0v) is 10.8. The van der Waals surface area contributed by atoms with Crippen LogP contribution < -0.4 is 10.6 Å². The molecule has 20 heavy (non-hydrogen) atoms. The second kappa shape index (κ2) is 5.42. The van der Waals surface area contributed by atoms with Gasteiger partial charge in [0.2, 0.25) is 0 Å². The van der Waals surface area contributed by atoms with E-state index in [9.17, 15) is 9.18 Å². The normalized spacial score (nSPS) is 14.8. The average Bonchev–Trinajstić information content (AvgIpc) is 2.87. The fraction of sp³-hybridized carbons (Fsp3) is 0.286. The van der Waals surface area contributed by atoms with E-state index in [0.717, 1.165) is 13.1 Å². The molecule has 0 radical (unpaired) electrons. The number of aromatic nitrogens is 2. The first-order chi connectivity index (χ1) is 9.74. The van der Waals surface area contributed by atoms with Crippen molar-refractivity contribution >= 4 is 5.91 Å². The van der Waals surface area contributed by atoms with Crippen molar-refractivity contribution in [2.75, 3.05) is 19.6 Å². The molecule has 1 aliphatic heterocycles. The van der Waals surface area contributed by atoms with Crippen molar-refractivity contribution in [1.82, 2.24) is 20.4 Å². The Labute approximate surface area is 115 Å². The molecule has 1 amide bonds. The number of para-hydroxylation sites is 1. The molecule has 0 bridgehead atoms. The van der Waals surface area contributed by atoms with E-state index in [2.05, 4.69) is 15.7 Å². The van der Waals surface area contributed by atoms with E-state index in [-0.39, 0.29) is 11.7 Å². The summed E-state index contributed by atoms with van der Waals surface area (Å²) in [7, 11) is 0. The maximum absolute atomic E-state index is 13.6. The minimum atomic E-state index is -0.372. The Bertz CT molecular complexity index is 621. The first kappa shape index (κ1) is 12.8. The third kappa shape index (κ3) is 2.55. The molecule has 1 aliphatic rings. The fourth-order valence-corrected chi connectivity index (χ4v) is 2.04. The van der Waals surface area contributed by atoms with Gasteiger partial charge in [-0.15, -0.1) is 0 Å². The van der Waals surface area contributed by atoms with E-state index in [1.165, 1.54) is 10.7 Å². The lowest BCUT2D eigenvalue weighted by Gasteiger charge is -2.26. The molecule has 0 unspecified atom stereocenters. The molecule has 6 heteroatoms. The number of nitrogens with one attached hydrogen (secondary N) is 2. The molecular weight excluding hydrogens is 259 g/mol. The number of hydrogen-bond donors (Lipinski definition) is 2. The Morgan fingerprint density at radius 3 is 2.90 bits per heavy atom. The lowest BCUT2D eigenvalue weighted by molar-refractivity contribution is 0.0936. The summed E-state index contributed by atoms with van der Waals surface area (Å²) in [5, 5.41) is 10.1. The van der Waals surface area contributed by atoms with Gasteiger partial charge in [-0.05, 0) is 18.2 Å². The number of hydrogen-bond acceptors (Lipinski definition) is 3. The molecule has 2 heterocycles. The Morgan fingerprint density at radius 2 is 2.20 bits per heavy atom. The van der Waals surface area contributed by atoms with Gasteiger partial charge in [-0.3, -0.25) is 4.79 Å². The molecule has 1 saturated heterocycles. The maximum atomic E-state index is 13.6. The molecule has 0 saturated carbocycles. The molecule has 2 aromatic rings. The predicted octanol–water partition coefficient (Wildman–Crippen LogP) is 0.961. The van der Waals surface area contributed by atoms with Gasteiger partial charge in [0.1, 0.15) is 11.5 Å². The van der Waals surface area contributed by atoms with Crippen LogP contribution in [0.1, 0.15) is 10.5 Å². The number of halogens is 1. The highest BCUT2D eigenvalue weighted by Gasteiger charge is 2.18. The van der Waals surface area contributed by atoms with Crippen molar-refractivity contribution in [2.45, 2.75) is 0 Å². The molecule has 0 spiro atoms. The maximum Gasteiger partial charge on any atom is 0.271 e. The van der Waals surface area contributed by atoms with Crippen molar-refractivity contribution in [3.63, 3.8) is 0 Å². The largest absolute Gasteiger partial charge is 0.350 e. The van der Waals surface area contributed by atoms with Crippen molar-refractivity contribution in [3.8, 4) is 5.69 Å². The Morgan fingerprint density at radius 1 is 1.40 bits per heavy atom. The van der Waals surface area contributed by atoms with Gasteiger partial charge in [0.15, 0.2) is 5.69 Å². The highest BCUT2D eigenvalue weighted by atomic mass is 19.1. The summed E-state index contributed by atoms with van der Waals surface area (Å²) in [4.78, 5) is 11.9. The fourth-order valence-electron chi connectivity index (χ4n) is 2.04. The van der Waals surface area contributed by atoms with Gasteiger partial charge < -0.3 is 10.6 Å². The number of amides is 1. The number of carbonyl (C=O) groups is 1. The summed E-state index contributed by atoms with van der Waals surface area (Å²) in [6.45, 7) is 2.51. The first-order valence-electron chi connectivity index (χ1n) is 6.53. The quantitative estimate of drug-likeness (QED) is 0.873. The SMILES string of the molecule is O=C(NCC1CNC1)c1ccn(-c2ccccc2F)n1. The van der Waals surface area contributed by atoms with Gasteiger partial charge >= 0.3 is 0 Å². The number of carbonyl (C=O) groups excluding carboxylic acids is 1. The molecule has 104 valence electrons. The van der Waals surface area contributed by atoms with E-state index in [1.807, 2.05) is 0 Å². The molecule has 0 aliphatic carbocycles. The van der Waals surface area contributed by atoms with Gasteiger partial charge in [-0.1, -0.05) is 12.1 Å². The summed E-state index contributed by atoms with van der Waals surface area (Å²) in [6.07, 6.45) is 1.58. The van der Waals surface area contributed by atoms with Crippen LogP contribution in [0, 0.1) is 11.7 Å². The van der Waals surface area contributed by atoms with Crippen LogP contribution in [0.5, 0.6) is 0 Å². The van der Waals surface area contributed by atoms with Crippen LogP contribution in [-0.2, 0) is 0 Å². The second-order valence-corrected chi connectivity index (χ2v) is 4.83. The van der Waals surface area contributed by atoms with Gasteiger partial charge in [-0.25, -0.2) is 9.07 Å². The molecule has 1 aromatic carbocycles. The second-order valence-electron chi connectivity index (χ2n) is 4.83. The van der Waals surface area contributed by atoms with Crippen LogP contribution in [0.3, 0.4) is 0 Å². The van der Waals surface area contributed by atoms with Crippen LogP contribution in [0.2, 0.25) is 0 Å². The molecule has 5 nitrogen and oxygen atoms in total. The molecule has 2 N–H and O–H groups in total. The summed E-state index contributed by atoms with van der Waals surface area (Å²) >= 11 is 0. The lowest BCUT2D eigenvalue weighted by Crippen LogP contribution is -2.48. The number of rotatable bonds is 4. The van der Waals surface area contributed by atoms with E-state index < -0.39 is 0 Å². The van der Waals surface area contributed by atoms with Gasteiger partial charge in [0, 0.05) is 31.7 Å². The summed E-state index contributed by atoms with van der Waals surface area (Å²) in [5.74, 6) is -0.109.